The Morgan fingerprint density at radius 3 is 2.50 bits per heavy atom. The van der Waals surface area contributed by atoms with E-state index in [1.165, 1.54) is 6.33 Å². The zero-order valence-electron chi connectivity index (χ0n) is 18.5. The van der Waals surface area contributed by atoms with Crippen molar-refractivity contribution in [2.45, 2.75) is 57.5 Å². The van der Waals surface area contributed by atoms with Gasteiger partial charge in [-0.05, 0) is 44.7 Å². The summed E-state index contributed by atoms with van der Waals surface area (Å²) >= 11 is 0. The van der Waals surface area contributed by atoms with Crippen LogP contribution in [0.2, 0.25) is 0 Å². The van der Waals surface area contributed by atoms with Crippen LogP contribution in [-0.4, -0.2) is 37.2 Å². The van der Waals surface area contributed by atoms with E-state index in [2.05, 4.69) is 30.6 Å². The highest BCUT2D eigenvalue weighted by molar-refractivity contribution is 5.49. The number of aliphatic hydroxyl groups is 1. The summed E-state index contributed by atoms with van der Waals surface area (Å²) in [6.07, 6.45) is 0.855. The van der Waals surface area contributed by atoms with Crippen LogP contribution in [-0.2, 0) is 12.7 Å². The molecule has 34 heavy (non-hydrogen) atoms. The van der Waals surface area contributed by atoms with Gasteiger partial charge in [0.15, 0.2) is 0 Å². The standard InChI is InChI=1S/C23H25F3N6O2/c1-14-2-8-18(9-3-14)34-21-15(10-27-13-30-21)11-28-22-29-12-19(23(24,25)26)20(32-22)31-16-4-6-17(33)7-5-16/h2-3,8-10,12-13,16-17,33H,4-7,11H2,1H3,(H2,28,29,31,32). The summed E-state index contributed by atoms with van der Waals surface area (Å²) in [6.45, 7) is 2.11. The Bertz CT molecular complexity index is 1100. The summed E-state index contributed by atoms with van der Waals surface area (Å²) in [5, 5.41) is 15.5. The van der Waals surface area contributed by atoms with E-state index in [4.69, 9.17) is 4.74 Å². The Kier molecular flexibility index (Phi) is 7.11. The predicted octanol–water partition coefficient (Wildman–Crippen LogP) is 4.71. The van der Waals surface area contributed by atoms with Crippen molar-refractivity contribution in [3.63, 3.8) is 0 Å². The molecule has 0 bridgehead atoms. The molecule has 0 unspecified atom stereocenters. The SMILES string of the molecule is Cc1ccc(Oc2ncncc2CNc2ncc(C(F)(F)F)c(NC3CCC(O)CC3)n2)cc1. The van der Waals surface area contributed by atoms with Crippen LogP contribution in [0.4, 0.5) is 24.9 Å². The van der Waals surface area contributed by atoms with Crippen LogP contribution in [0.15, 0.2) is 43.0 Å². The number of hydrogen-bond acceptors (Lipinski definition) is 8. The molecule has 0 aliphatic heterocycles. The maximum atomic E-state index is 13.5. The van der Waals surface area contributed by atoms with Crippen molar-refractivity contribution in [2.75, 3.05) is 10.6 Å². The Labute approximate surface area is 194 Å². The number of anilines is 2. The number of aromatic nitrogens is 4. The third-order valence-corrected chi connectivity index (χ3v) is 5.55. The highest BCUT2D eigenvalue weighted by Crippen LogP contribution is 2.35. The van der Waals surface area contributed by atoms with Crippen LogP contribution in [0, 0.1) is 6.92 Å². The molecule has 0 spiro atoms. The minimum absolute atomic E-state index is 0.0245. The van der Waals surface area contributed by atoms with Crippen LogP contribution in [0.25, 0.3) is 0 Å². The second kappa shape index (κ2) is 10.2. The molecule has 0 saturated heterocycles. The van der Waals surface area contributed by atoms with Crippen LogP contribution >= 0.6 is 0 Å². The van der Waals surface area contributed by atoms with E-state index in [9.17, 15) is 18.3 Å². The van der Waals surface area contributed by atoms with Crippen LogP contribution in [0.3, 0.4) is 0 Å². The van der Waals surface area contributed by atoms with Gasteiger partial charge in [0.25, 0.3) is 0 Å². The molecular formula is C23H25F3N6O2. The number of nitrogens with one attached hydrogen (secondary N) is 2. The Balaban J connectivity index is 1.49. The van der Waals surface area contributed by atoms with Gasteiger partial charge < -0.3 is 20.5 Å². The molecule has 1 fully saturated rings. The van der Waals surface area contributed by atoms with Gasteiger partial charge in [0.2, 0.25) is 11.8 Å². The summed E-state index contributed by atoms with van der Waals surface area (Å²) in [5.74, 6) is 0.654. The first-order valence-corrected chi connectivity index (χ1v) is 10.9. The monoisotopic (exact) mass is 474 g/mol. The maximum Gasteiger partial charge on any atom is 0.421 e. The van der Waals surface area contributed by atoms with Crippen LogP contribution < -0.4 is 15.4 Å². The number of benzene rings is 1. The molecule has 0 radical (unpaired) electrons. The average Bonchev–Trinajstić information content (AvgIpc) is 2.81. The predicted molar refractivity (Wildman–Crippen MR) is 120 cm³/mol. The normalized spacial score (nSPS) is 18.4. The van der Waals surface area contributed by atoms with Gasteiger partial charge in [-0.3, -0.25) is 0 Å². The molecule has 3 aromatic rings. The van der Waals surface area contributed by atoms with Crippen molar-refractivity contribution < 1.29 is 23.0 Å². The molecule has 2 heterocycles. The maximum absolute atomic E-state index is 13.5. The first-order chi connectivity index (χ1) is 16.3. The number of hydrogen-bond donors (Lipinski definition) is 3. The lowest BCUT2D eigenvalue weighted by atomic mass is 9.93. The number of nitrogens with zero attached hydrogens (tertiary/aromatic N) is 4. The molecule has 1 saturated carbocycles. The van der Waals surface area contributed by atoms with Crippen LogP contribution in [0.5, 0.6) is 11.6 Å². The fourth-order valence-electron chi connectivity index (χ4n) is 3.65. The molecule has 3 N–H and O–H groups in total. The van der Waals surface area contributed by atoms with Gasteiger partial charge >= 0.3 is 6.18 Å². The minimum atomic E-state index is -4.60. The Hall–Kier alpha value is -3.47. The number of rotatable bonds is 7. The number of ether oxygens (including phenoxy) is 1. The highest BCUT2D eigenvalue weighted by atomic mass is 19.4. The van der Waals surface area contributed by atoms with E-state index in [1.54, 1.807) is 6.20 Å². The summed E-state index contributed by atoms with van der Waals surface area (Å²) in [5.41, 5.74) is 0.739. The van der Waals surface area contributed by atoms with Gasteiger partial charge in [-0.1, -0.05) is 17.7 Å². The molecule has 1 aliphatic carbocycles. The van der Waals surface area contributed by atoms with Gasteiger partial charge in [0.05, 0.1) is 11.7 Å². The summed E-state index contributed by atoms with van der Waals surface area (Å²) in [4.78, 5) is 16.1. The fraction of sp³-hybridized carbons (Fsp3) is 0.391. The number of alkyl halides is 3. The highest BCUT2D eigenvalue weighted by Gasteiger charge is 2.36. The molecule has 1 aliphatic rings. The van der Waals surface area contributed by atoms with E-state index >= 15 is 0 Å². The Morgan fingerprint density at radius 1 is 1.06 bits per heavy atom. The van der Waals surface area contributed by atoms with Crippen molar-refractivity contribution in [1.82, 2.24) is 19.9 Å². The van der Waals surface area contributed by atoms with Gasteiger partial charge in [-0.15, -0.1) is 0 Å². The van der Waals surface area contributed by atoms with E-state index in [1.807, 2.05) is 31.2 Å². The van der Waals surface area contributed by atoms with Crippen LogP contribution in [0.1, 0.15) is 42.4 Å². The molecule has 0 amide bonds. The average molecular weight is 474 g/mol. The third kappa shape index (κ3) is 6.10. The van der Waals surface area contributed by atoms with Crippen molar-refractivity contribution in [2.24, 2.45) is 0 Å². The van der Waals surface area contributed by atoms with Crippen molar-refractivity contribution in [3.05, 3.63) is 59.7 Å². The second-order valence-electron chi connectivity index (χ2n) is 8.23. The number of aliphatic hydroxyl groups excluding tert-OH is 1. The molecule has 8 nitrogen and oxygen atoms in total. The third-order valence-electron chi connectivity index (χ3n) is 5.55. The van der Waals surface area contributed by atoms with Gasteiger partial charge in [0.1, 0.15) is 23.5 Å². The lowest BCUT2D eigenvalue weighted by molar-refractivity contribution is -0.137. The van der Waals surface area contributed by atoms with Crippen molar-refractivity contribution in [3.8, 4) is 11.6 Å². The lowest BCUT2D eigenvalue weighted by Gasteiger charge is -2.27. The van der Waals surface area contributed by atoms with E-state index < -0.39 is 17.8 Å². The van der Waals surface area contributed by atoms with Crippen molar-refractivity contribution in [1.29, 1.82) is 0 Å². The van der Waals surface area contributed by atoms with E-state index in [-0.39, 0.29) is 24.4 Å². The first kappa shape index (κ1) is 23.7. The number of halogens is 3. The zero-order chi connectivity index (χ0) is 24.1. The van der Waals surface area contributed by atoms with Gasteiger partial charge in [-0.25, -0.2) is 15.0 Å². The lowest BCUT2D eigenvalue weighted by Crippen LogP contribution is -2.30. The van der Waals surface area contributed by atoms with Crippen molar-refractivity contribution >= 4 is 11.8 Å². The Morgan fingerprint density at radius 2 is 1.79 bits per heavy atom. The van der Waals surface area contributed by atoms with E-state index in [0.29, 0.717) is 42.9 Å². The molecule has 4 rings (SSSR count). The summed E-state index contributed by atoms with van der Waals surface area (Å²) in [6, 6.07) is 7.24. The molecule has 2 aromatic heterocycles. The quantitative estimate of drug-likeness (QED) is 0.452. The zero-order valence-corrected chi connectivity index (χ0v) is 18.5. The van der Waals surface area contributed by atoms with Gasteiger partial charge in [-0.2, -0.15) is 18.2 Å². The number of aryl methyl sites for hydroxylation is 1. The summed E-state index contributed by atoms with van der Waals surface area (Å²) in [7, 11) is 0. The minimum Gasteiger partial charge on any atom is -0.439 e. The largest absolute Gasteiger partial charge is 0.439 e. The molecule has 180 valence electrons. The molecule has 0 atom stereocenters. The molecular weight excluding hydrogens is 449 g/mol. The van der Waals surface area contributed by atoms with E-state index in [0.717, 1.165) is 11.8 Å². The molecule has 11 heteroatoms. The first-order valence-electron chi connectivity index (χ1n) is 10.9. The smallest absolute Gasteiger partial charge is 0.421 e. The van der Waals surface area contributed by atoms with Gasteiger partial charge in [0, 0.05) is 25.0 Å². The second-order valence-corrected chi connectivity index (χ2v) is 8.23. The molecule has 1 aromatic carbocycles. The fourth-order valence-corrected chi connectivity index (χ4v) is 3.65. The summed E-state index contributed by atoms with van der Waals surface area (Å²) < 4.78 is 46.4. The topological polar surface area (TPSA) is 105 Å².